The number of benzene rings is 1. The zero-order chi connectivity index (χ0) is 17.8. The van der Waals surface area contributed by atoms with Crippen LogP contribution in [0, 0.1) is 13.8 Å². The molecule has 1 saturated carbocycles. The third-order valence-electron chi connectivity index (χ3n) is 4.66. The first kappa shape index (κ1) is 17.3. The van der Waals surface area contributed by atoms with Crippen molar-refractivity contribution in [2.24, 2.45) is 0 Å². The number of carbonyl (C=O) groups excluding carboxylic acids is 2. The van der Waals surface area contributed by atoms with Crippen LogP contribution in [0.25, 0.3) is 0 Å². The van der Waals surface area contributed by atoms with Gasteiger partial charge in [-0.05, 0) is 56.9 Å². The normalized spacial score (nSPS) is 13.5. The molecule has 0 aliphatic heterocycles. The molecule has 0 spiro atoms. The maximum atomic E-state index is 11.9. The Morgan fingerprint density at radius 2 is 1.84 bits per heavy atom. The summed E-state index contributed by atoms with van der Waals surface area (Å²) in [6, 6.07) is 11.8. The minimum absolute atomic E-state index is 0.00514. The Morgan fingerprint density at radius 3 is 2.52 bits per heavy atom. The summed E-state index contributed by atoms with van der Waals surface area (Å²) in [4.78, 5) is 23.8. The van der Waals surface area contributed by atoms with E-state index >= 15 is 0 Å². The predicted molar refractivity (Wildman–Crippen MR) is 97.7 cm³/mol. The molecule has 1 aromatic heterocycles. The van der Waals surface area contributed by atoms with E-state index in [1.807, 2.05) is 6.07 Å². The molecule has 1 aliphatic rings. The van der Waals surface area contributed by atoms with E-state index < -0.39 is 0 Å². The molecule has 25 heavy (non-hydrogen) atoms. The van der Waals surface area contributed by atoms with Crippen LogP contribution in [0.1, 0.15) is 46.2 Å². The lowest BCUT2D eigenvalue weighted by Crippen LogP contribution is -2.37. The number of rotatable bonds is 7. The smallest absolute Gasteiger partial charge is 0.251 e. The molecule has 1 aromatic carbocycles. The highest BCUT2D eigenvalue weighted by Crippen LogP contribution is 2.38. The SMILES string of the molecule is Cc1cc(CCNC(=O)CNC(=O)c2ccccc2)c(C)n1C1CC1. The van der Waals surface area contributed by atoms with E-state index in [4.69, 9.17) is 0 Å². The number of carbonyl (C=O) groups is 2. The van der Waals surface area contributed by atoms with Gasteiger partial charge in [-0.25, -0.2) is 0 Å². The van der Waals surface area contributed by atoms with Gasteiger partial charge < -0.3 is 15.2 Å². The van der Waals surface area contributed by atoms with E-state index in [9.17, 15) is 9.59 Å². The molecule has 5 nitrogen and oxygen atoms in total. The van der Waals surface area contributed by atoms with Crippen molar-refractivity contribution in [1.82, 2.24) is 15.2 Å². The molecule has 2 N–H and O–H groups in total. The summed E-state index contributed by atoms with van der Waals surface area (Å²) in [7, 11) is 0. The highest BCUT2D eigenvalue weighted by atomic mass is 16.2. The molecule has 0 bridgehead atoms. The number of aryl methyl sites for hydroxylation is 1. The molecule has 2 aromatic rings. The summed E-state index contributed by atoms with van der Waals surface area (Å²) < 4.78 is 2.41. The molecule has 2 amide bonds. The van der Waals surface area contributed by atoms with Gasteiger partial charge in [0.15, 0.2) is 0 Å². The molecule has 132 valence electrons. The molecule has 1 heterocycles. The van der Waals surface area contributed by atoms with E-state index in [1.165, 1.54) is 29.8 Å². The zero-order valence-corrected chi connectivity index (χ0v) is 14.8. The molecule has 1 aliphatic carbocycles. The Balaban J connectivity index is 1.42. The van der Waals surface area contributed by atoms with Crippen molar-refractivity contribution in [3.63, 3.8) is 0 Å². The summed E-state index contributed by atoms with van der Waals surface area (Å²) >= 11 is 0. The van der Waals surface area contributed by atoms with Gasteiger partial charge in [0.1, 0.15) is 0 Å². The zero-order valence-electron chi connectivity index (χ0n) is 14.8. The van der Waals surface area contributed by atoms with Crippen LogP contribution < -0.4 is 10.6 Å². The number of hydrogen-bond acceptors (Lipinski definition) is 2. The minimum Gasteiger partial charge on any atom is -0.354 e. The van der Waals surface area contributed by atoms with Crippen molar-refractivity contribution < 1.29 is 9.59 Å². The van der Waals surface area contributed by atoms with Crippen LogP contribution >= 0.6 is 0 Å². The van der Waals surface area contributed by atoms with Crippen molar-refractivity contribution in [2.45, 2.75) is 39.2 Å². The Bertz CT molecular complexity index is 761. The molecule has 1 fully saturated rings. The van der Waals surface area contributed by atoms with Crippen molar-refractivity contribution >= 4 is 11.8 Å². The second kappa shape index (κ2) is 7.55. The van der Waals surface area contributed by atoms with Crippen LogP contribution in [0.3, 0.4) is 0 Å². The molecule has 5 heteroatoms. The number of nitrogens with zero attached hydrogens (tertiary/aromatic N) is 1. The second-order valence-electron chi connectivity index (χ2n) is 6.65. The first-order chi connectivity index (χ1) is 12.1. The fraction of sp³-hybridized carbons (Fsp3) is 0.400. The van der Waals surface area contributed by atoms with Crippen LogP contribution in [-0.4, -0.2) is 29.5 Å². The molecule has 0 unspecified atom stereocenters. The highest BCUT2D eigenvalue weighted by Gasteiger charge is 2.26. The van der Waals surface area contributed by atoms with Gasteiger partial charge in [-0.15, -0.1) is 0 Å². The van der Waals surface area contributed by atoms with Crippen LogP contribution in [0.4, 0.5) is 0 Å². The third kappa shape index (κ3) is 4.29. The topological polar surface area (TPSA) is 63.1 Å². The Morgan fingerprint density at radius 1 is 1.12 bits per heavy atom. The molecule has 0 atom stereocenters. The fourth-order valence-corrected chi connectivity index (χ4v) is 3.24. The number of nitrogens with one attached hydrogen (secondary N) is 2. The predicted octanol–water partition coefficient (Wildman–Crippen LogP) is 2.53. The van der Waals surface area contributed by atoms with Gasteiger partial charge in [0.25, 0.3) is 5.91 Å². The van der Waals surface area contributed by atoms with Gasteiger partial charge in [-0.3, -0.25) is 9.59 Å². The maximum Gasteiger partial charge on any atom is 0.251 e. The molecule has 3 rings (SSSR count). The van der Waals surface area contributed by atoms with Crippen LogP contribution in [0.15, 0.2) is 36.4 Å². The lowest BCUT2D eigenvalue weighted by Gasteiger charge is -2.09. The minimum atomic E-state index is -0.233. The molecular formula is C20H25N3O2. The Hall–Kier alpha value is -2.56. The van der Waals surface area contributed by atoms with E-state index in [1.54, 1.807) is 24.3 Å². The number of hydrogen-bond donors (Lipinski definition) is 2. The van der Waals surface area contributed by atoms with E-state index in [0.29, 0.717) is 18.2 Å². The second-order valence-corrected chi connectivity index (χ2v) is 6.65. The molecule has 0 saturated heterocycles. The van der Waals surface area contributed by atoms with Crippen molar-refractivity contribution in [2.75, 3.05) is 13.1 Å². The lowest BCUT2D eigenvalue weighted by molar-refractivity contribution is -0.120. The summed E-state index contributed by atoms with van der Waals surface area (Å²) in [5.74, 6) is -0.399. The Labute approximate surface area is 148 Å². The van der Waals surface area contributed by atoms with Crippen LogP contribution in [0.2, 0.25) is 0 Å². The average molecular weight is 339 g/mol. The average Bonchev–Trinajstić information content (AvgIpc) is 3.40. The number of aromatic nitrogens is 1. The van der Waals surface area contributed by atoms with E-state index in [0.717, 1.165) is 6.42 Å². The van der Waals surface area contributed by atoms with Gasteiger partial charge in [0, 0.05) is 29.5 Å². The summed E-state index contributed by atoms with van der Waals surface area (Å²) in [6.45, 7) is 4.87. The van der Waals surface area contributed by atoms with Gasteiger partial charge in [-0.2, -0.15) is 0 Å². The lowest BCUT2D eigenvalue weighted by atomic mass is 10.2. The van der Waals surface area contributed by atoms with Crippen LogP contribution in [0.5, 0.6) is 0 Å². The van der Waals surface area contributed by atoms with E-state index in [-0.39, 0.29) is 18.4 Å². The number of amides is 2. The summed E-state index contributed by atoms with van der Waals surface area (Å²) in [5, 5.41) is 5.52. The van der Waals surface area contributed by atoms with Gasteiger partial charge in [-0.1, -0.05) is 18.2 Å². The largest absolute Gasteiger partial charge is 0.354 e. The van der Waals surface area contributed by atoms with Gasteiger partial charge in [0.2, 0.25) is 5.91 Å². The third-order valence-corrected chi connectivity index (χ3v) is 4.66. The first-order valence-electron chi connectivity index (χ1n) is 8.83. The monoisotopic (exact) mass is 339 g/mol. The summed E-state index contributed by atoms with van der Waals surface area (Å²) in [6.07, 6.45) is 3.35. The summed E-state index contributed by atoms with van der Waals surface area (Å²) in [5.41, 5.74) is 4.46. The van der Waals surface area contributed by atoms with Crippen molar-refractivity contribution in [3.05, 3.63) is 58.9 Å². The first-order valence-corrected chi connectivity index (χ1v) is 8.83. The van der Waals surface area contributed by atoms with E-state index in [2.05, 4.69) is 35.1 Å². The van der Waals surface area contributed by atoms with Gasteiger partial charge >= 0.3 is 0 Å². The van der Waals surface area contributed by atoms with Crippen molar-refractivity contribution in [1.29, 1.82) is 0 Å². The fourth-order valence-electron chi connectivity index (χ4n) is 3.24. The highest BCUT2D eigenvalue weighted by molar-refractivity contribution is 5.96. The molecular weight excluding hydrogens is 314 g/mol. The van der Waals surface area contributed by atoms with Crippen molar-refractivity contribution in [3.8, 4) is 0 Å². The standard InChI is InChI=1S/C20H25N3O2/c1-14-12-17(15(2)23(14)18-8-9-18)10-11-21-19(24)13-22-20(25)16-6-4-3-5-7-16/h3-7,12,18H,8-11,13H2,1-2H3,(H,21,24)(H,22,25). The molecule has 0 radical (unpaired) electrons. The van der Waals surface area contributed by atoms with Crippen LogP contribution in [-0.2, 0) is 11.2 Å². The van der Waals surface area contributed by atoms with Gasteiger partial charge in [0.05, 0.1) is 6.54 Å². The maximum absolute atomic E-state index is 11.9. The Kier molecular flexibility index (Phi) is 5.22. The quantitative estimate of drug-likeness (QED) is 0.814.